The van der Waals surface area contributed by atoms with Gasteiger partial charge >= 0.3 is 5.97 Å². The zero-order chi connectivity index (χ0) is 27.1. The van der Waals surface area contributed by atoms with Gasteiger partial charge in [0, 0.05) is 17.8 Å². The van der Waals surface area contributed by atoms with Crippen molar-refractivity contribution in [1.82, 2.24) is 10.6 Å². The summed E-state index contributed by atoms with van der Waals surface area (Å²) in [6.07, 6.45) is 1.99. The first-order valence-corrected chi connectivity index (χ1v) is 11.6. The molecule has 9 N–H and O–H groups in total. The van der Waals surface area contributed by atoms with Crippen molar-refractivity contribution in [2.75, 3.05) is 12.3 Å². The Balaban J connectivity index is -0.000000806. The van der Waals surface area contributed by atoms with E-state index in [0.29, 0.717) is 37.9 Å². The second-order valence-corrected chi connectivity index (χ2v) is 8.99. The van der Waals surface area contributed by atoms with Crippen LogP contribution in [0.2, 0.25) is 0 Å². The molecule has 0 aliphatic carbocycles. The predicted octanol–water partition coefficient (Wildman–Crippen LogP) is 2.22. The first-order valence-electron chi connectivity index (χ1n) is 11.6. The van der Waals surface area contributed by atoms with Gasteiger partial charge in [0.25, 0.3) is 5.69 Å². The summed E-state index contributed by atoms with van der Waals surface area (Å²) in [4.78, 5) is 45.6. The van der Waals surface area contributed by atoms with Gasteiger partial charge in [0.05, 0.1) is 11.0 Å². The van der Waals surface area contributed by atoms with Crippen LogP contribution in [-0.2, 0) is 14.4 Å². The van der Waals surface area contributed by atoms with Crippen LogP contribution < -0.4 is 27.8 Å². The van der Waals surface area contributed by atoms with Crippen molar-refractivity contribution >= 4 is 54.0 Å². The average Bonchev–Trinajstić information content (AvgIpc) is 2.77. The molecule has 37 heavy (non-hydrogen) atoms. The normalized spacial score (nSPS) is 12.5. The van der Waals surface area contributed by atoms with Crippen molar-refractivity contribution in [3.63, 3.8) is 0 Å². The largest absolute Gasteiger partial charge is 0.480 e. The van der Waals surface area contributed by atoms with E-state index in [4.69, 9.17) is 17.2 Å². The molecule has 1 aromatic rings. The minimum atomic E-state index is -1.10. The van der Waals surface area contributed by atoms with Crippen LogP contribution >= 0.6 is 24.8 Å². The van der Waals surface area contributed by atoms with Crippen molar-refractivity contribution in [3.8, 4) is 0 Å². The standard InChI is InChI=1S/C17H34N4O4.C6H6N2O2.2ClH/c1-10(2)9-13(21-16(23)14(19)11(3)4)15(22)20-12(17(24)25)7-5-6-8-18;7-5-1-3-6(4-2-5)8(9)10;;/h10-14H,5-9,18-19H2,1-4H3,(H,20,22)(H,21,23)(H,24,25);1-4H,7H2;2*1H/t12-,13-,14-;;;/m0.../s1. The summed E-state index contributed by atoms with van der Waals surface area (Å²) in [6.45, 7) is 7.95. The van der Waals surface area contributed by atoms with E-state index in [9.17, 15) is 29.6 Å². The summed E-state index contributed by atoms with van der Waals surface area (Å²) in [6, 6.07) is 3.21. The Kier molecular flexibility index (Phi) is 21.4. The van der Waals surface area contributed by atoms with Gasteiger partial charge in [0.1, 0.15) is 12.1 Å². The number of halogens is 2. The maximum absolute atomic E-state index is 12.5. The highest BCUT2D eigenvalue weighted by molar-refractivity contribution is 5.91. The van der Waals surface area contributed by atoms with Crippen LogP contribution in [0.5, 0.6) is 0 Å². The lowest BCUT2D eigenvalue weighted by molar-refractivity contribution is -0.384. The number of non-ortho nitro benzene ring substituents is 1. The average molecular weight is 570 g/mol. The minimum absolute atomic E-state index is 0. The number of aliphatic carboxylic acids is 1. The van der Waals surface area contributed by atoms with E-state index in [-0.39, 0.29) is 42.3 Å². The summed E-state index contributed by atoms with van der Waals surface area (Å²) in [7, 11) is 0. The number of hydrogen-bond acceptors (Lipinski definition) is 8. The minimum Gasteiger partial charge on any atom is -0.480 e. The number of nitro benzene ring substituents is 1. The number of hydrogen-bond donors (Lipinski definition) is 6. The highest BCUT2D eigenvalue weighted by Gasteiger charge is 2.28. The highest BCUT2D eigenvalue weighted by atomic mass is 35.5. The molecule has 0 heterocycles. The van der Waals surface area contributed by atoms with Crippen LogP contribution in [0, 0.1) is 22.0 Å². The Morgan fingerprint density at radius 2 is 1.49 bits per heavy atom. The molecule has 0 spiro atoms. The summed E-state index contributed by atoms with van der Waals surface area (Å²) in [5.74, 6) is -1.93. The van der Waals surface area contributed by atoms with Crippen LogP contribution in [0.15, 0.2) is 24.3 Å². The van der Waals surface area contributed by atoms with E-state index in [2.05, 4.69) is 10.6 Å². The first kappa shape index (κ1) is 38.9. The third-order valence-corrected chi connectivity index (χ3v) is 5.03. The predicted molar refractivity (Wildman–Crippen MR) is 149 cm³/mol. The van der Waals surface area contributed by atoms with Crippen molar-refractivity contribution < 1.29 is 24.4 Å². The number of nitrogen functional groups attached to an aromatic ring is 1. The molecule has 1 rings (SSSR count). The fourth-order valence-corrected chi connectivity index (χ4v) is 2.89. The molecule has 0 saturated heterocycles. The molecular formula is C23H42Cl2N6O6. The zero-order valence-corrected chi connectivity index (χ0v) is 23.3. The van der Waals surface area contributed by atoms with E-state index < -0.39 is 40.8 Å². The van der Waals surface area contributed by atoms with E-state index in [1.165, 1.54) is 24.3 Å². The number of benzene rings is 1. The quantitative estimate of drug-likeness (QED) is 0.0887. The van der Waals surface area contributed by atoms with E-state index in [1.54, 1.807) is 0 Å². The van der Waals surface area contributed by atoms with Crippen LogP contribution in [0.25, 0.3) is 0 Å². The van der Waals surface area contributed by atoms with Crippen LogP contribution in [-0.4, -0.2) is 52.5 Å². The smallest absolute Gasteiger partial charge is 0.326 e. The number of carboxylic acids is 1. The van der Waals surface area contributed by atoms with Crippen LogP contribution in [0.1, 0.15) is 53.4 Å². The number of nitrogens with two attached hydrogens (primary N) is 3. The number of nitrogens with one attached hydrogen (secondary N) is 2. The molecule has 0 fully saturated rings. The van der Waals surface area contributed by atoms with Crippen LogP contribution in [0.4, 0.5) is 11.4 Å². The molecule has 14 heteroatoms. The maximum Gasteiger partial charge on any atom is 0.326 e. The van der Waals surface area contributed by atoms with Gasteiger partial charge < -0.3 is 32.9 Å². The fraction of sp³-hybridized carbons (Fsp3) is 0.609. The lowest BCUT2D eigenvalue weighted by Gasteiger charge is -2.25. The van der Waals surface area contributed by atoms with E-state index >= 15 is 0 Å². The van der Waals surface area contributed by atoms with Gasteiger partial charge in [-0.2, -0.15) is 0 Å². The Morgan fingerprint density at radius 3 is 1.89 bits per heavy atom. The number of nitro groups is 1. The van der Waals surface area contributed by atoms with Gasteiger partial charge in [0.15, 0.2) is 0 Å². The maximum atomic E-state index is 12.5. The summed E-state index contributed by atoms with van der Waals surface area (Å²) in [5.41, 5.74) is 17.1. The van der Waals surface area contributed by atoms with E-state index in [1.807, 2.05) is 27.7 Å². The Morgan fingerprint density at radius 1 is 0.973 bits per heavy atom. The number of carboxylic acid groups (broad SMARTS) is 1. The summed E-state index contributed by atoms with van der Waals surface area (Å²) in [5, 5.41) is 24.5. The SMILES string of the molecule is CC(C)C[C@H](NC(=O)[C@@H](N)C(C)C)C(=O)N[C@@H](CCCCN)C(=O)O.Cl.Cl.Nc1ccc([N+](=O)[O-])cc1. The molecule has 12 nitrogen and oxygen atoms in total. The number of anilines is 1. The van der Waals surface area contributed by atoms with E-state index in [0.717, 1.165) is 0 Å². The first-order chi connectivity index (χ1) is 16.3. The van der Waals surface area contributed by atoms with Crippen molar-refractivity contribution in [1.29, 1.82) is 0 Å². The number of amides is 2. The molecule has 2 amide bonds. The summed E-state index contributed by atoms with van der Waals surface area (Å²) >= 11 is 0. The van der Waals surface area contributed by atoms with Gasteiger partial charge in [-0.1, -0.05) is 27.7 Å². The lowest BCUT2D eigenvalue weighted by atomic mass is 10.00. The topological polar surface area (TPSA) is 217 Å². The molecular weight excluding hydrogens is 527 g/mol. The Labute approximate surface area is 230 Å². The van der Waals surface area contributed by atoms with Crippen molar-refractivity contribution in [3.05, 3.63) is 34.4 Å². The second kappa shape index (κ2) is 20.4. The molecule has 3 atom stereocenters. The Bertz CT molecular complexity index is 826. The fourth-order valence-electron chi connectivity index (χ4n) is 2.89. The highest BCUT2D eigenvalue weighted by Crippen LogP contribution is 2.12. The van der Waals surface area contributed by atoms with Gasteiger partial charge in [-0.25, -0.2) is 4.79 Å². The molecule has 0 radical (unpaired) electrons. The zero-order valence-electron chi connectivity index (χ0n) is 21.7. The number of carbonyl (C=O) groups excluding carboxylic acids is 2. The molecule has 0 bridgehead atoms. The van der Waals surface area contributed by atoms with Crippen LogP contribution in [0.3, 0.4) is 0 Å². The molecule has 0 aromatic heterocycles. The third-order valence-electron chi connectivity index (χ3n) is 5.03. The van der Waals surface area contributed by atoms with Gasteiger partial charge in [0.2, 0.25) is 11.8 Å². The molecule has 0 aliphatic rings. The van der Waals surface area contributed by atoms with Crippen molar-refractivity contribution in [2.24, 2.45) is 23.3 Å². The summed E-state index contributed by atoms with van der Waals surface area (Å²) < 4.78 is 0. The number of nitrogens with zero attached hydrogens (tertiary/aromatic N) is 1. The monoisotopic (exact) mass is 568 g/mol. The van der Waals surface area contributed by atoms with Gasteiger partial charge in [-0.15, -0.1) is 24.8 Å². The van der Waals surface area contributed by atoms with Gasteiger partial charge in [-0.05, 0) is 56.2 Å². The molecule has 0 saturated carbocycles. The Hall–Kier alpha value is -2.67. The lowest BCUT2D eigenvalue weighted by Crippen LogP contribution is -2.55. The number of carbonyl (C=O) groups is 3. The number of unbranched alkanes of at least 4 members (excludes halogenated alkanes) is 1. The van der Waals surface area contributed by atoms with Gasteiger partial charge in [-0.3, -0.25) is 19.7 Å². The molecule has 1 aromatic carbocycles. The van der Waals surface area contributed by atoms with Crippen molar-refractivity contribution in [2.45, 2.75) is 71.5 Å². The number of rotatable bonds is 13. The molecule has 0 unspecified atom stereocenters. The molecule has 214 valence electrons. The second-order valence-electron chi connectivity index (χ2n) is 8.99. The third kappa shape index (κ3) is 16.6. The molecule has 0 aliphatic heterocycles.